The second-order valence-corrected chi connectivity index (χ2v) is 2.52. The molecule has 0 bridgehead atoms. The summed E-state index contributed by atoms with van der Waals surface area (Å²) in [6.07, 6.45) is 3.09. The summed E-state index contributed by atoms with van der Waals surface area (Å²) in [6.45, 7) is 1.78. The minimum absolute atomic E-state index is 0.247. The third-order valence-corrected chi connectivity index (χ3v) is 1.67. The van der Waals surface area contributed by atoms with E-state index in [1.807, 2.05) is 0 Å². The lowest BCUT2D eigenvalue weighted by Crippen LogP contribution is -1.93. The molecule has 4 nitrogen and oxygen atoms in total. The molecular weight excluding hydrogens is 168 g/mol. The third kappa shape index (κ3) is 2.39. The first-order valence-electron chi connectivity index (χ1n) is 3.85. The van der Waals surface area contributed by atoms with Gasteiger partial charge in [-0.1, -0.05) is 0 Å². The highest BCUT2D eigenvalue weighted by molar-refractivity contribution is 5.34. The molecule has 1 atom stereocenters. The number of hydrogen-bond donors (Lipinski definition) is 0. The Morgan fingerprint density at radius 2 is 2.38 bits per heavy atom. The van der Waals surface area contributed by atoms with Crippen molar-refractivity contribution in [2.45, 2.75) is 13.0 Å². The minimum atomic E-state index is -0.247. The van der Waals surface area contributed by atoms with Gasteiger partial charge < -0.3 is 4.74 Å². The van der Waals surface area contributed by atoms with E-state index in [1.54, 1.807) is 32.4 Å². The van der Waals surface area contributed by atoms with Crippen LogP contribution in [0.15, 0.2) is 23.3 Å². The van der Waals surface area contributed by atoms with Gasteiger partial charge in [-0.3, -0.25) is 4.98 Å². The molecular formula is C9H10N2O2. The van der Waals surface area contributed by atoms with Crippen LogP contribution < -0.4 is 4.74 Å². The minimum Gasteiger partial charge on any atom is -0.495 e. The molecule has 1 aromatic heterocycles. The zero-order valence-electron chi connectivity index (χ0n) is 7.52. The van der Waals surface area contributed by atoms with Crippen molar-refractivity contribution in [3.05, 3.63) is 24.0 Å². The molecule has 1 aromatic rings. The maximum atomic E-state index is 9.97. The fraction of sp³-hybridized carbons (Fsp3) is 0.333. The average molecular weight is 178 g/mol. The van der Waals surface area contributed by atoms with E-state index >= 15 is 0 Å². The number of methoxy groups -OCH3 is 1. The van der Waals surface area contributed by atoms with Gasteiger partial charge in [0, 0.05) is 0 Å². The van der Waals surface area contributed by atoms with Crippen molar-refractivity contribution in [1.82, 2.24) is 4.98 Å². The molecule has 0 N–H and O–H groups in total. The Bertz CT molecular complexity index is 315. The highest BCUT2D eigenvalue weighted by Gasteiger charge is 2.03. The van der Waals surface area contributed by atoms with Gasteiger partial charge >= 0.3 is 0 Å². The number of ether oxygens (including phenoxy) is 1. The van der Waals surface area contributed by atoms with Crippen LogP contribution in [0.1, 0.15) is 18.7 Å². The largest absolute Gasteiger partial charge is 0.495 e. The fourth-order valence-electron chi connectivity index (χ4n) is 0.905. The Morgan fingerprint density at radius 1 is 1.62 bits per heavy atom. The van der Waals surface area contributed by atoms with Gasteiger partial charge in [0.05, 0.1) is 19.0 Å². The van der Waals surface area contributed by atoms with Crippen molar-refractivity contribution < 1.29 is 9.53 Å². The number of pyridine rings is 1. The molecule has 13 heavy (non-hydrogen) atoms. The summed E-state index contributed by atoms with van der Waals surface area (Å²) in [7, 11) is 1.57. The Hall–Kier alpha value is -1.67. The molecule has 0 amide bonds. The number of hydrogen-bond acceptors (Lipinski definition) is 4. The standard InChI is InChI=1S/C9H10N2O2/c1-7(11-6-12)9-4-3-8(13-2)5-10-9/h3-5,7H,1-2H3. The molecule has 0 saturated carbocycles. The molecule has 0 aliphatic heterocycles. The van der Waals surface area contributed by atoms with Crippen LogP contribution in [0.4, 0.5) is 0 Å². The van der Waals surface area contributed by atoms with Gasteiger partial charge in [0.2, 0.25) is 6.08 Å². The van der Waals surface area contributed by atoms with E-state index in [9.17, 15) is 4.79 Å². The van der Waals surface area contributed by atoms with Crippen LogP contribution in [-0.2, 0) is 4.79 Å². The average Bonchev–Trinajstić information content (AvgIpc) is 2.18. The lowest BCUT2D eigenvalue weighted by molar-refractivity contribution is 0.412. The third-order valence-electron chi connectivity index (χ3n) is 1.67. The van der Waals surface area contributed by atoms with E-state index in [1.165, 1.54) is 6.08 Å². The monoisotopic (exact) mass is 178 g/mol. The van der Waals surface area contributed by atoms with Gasteiger partial charge in [-0.2, -0.15) is 4.99 Å². The number of isocyanates is 1. The van der Waals surface area contributed by atoms with Gasteiger partial charge in [-0.15, -0.1) is 0 Å². The first-order valence-corrected chi connectivity index (χ1v) is 3.85. The molecule has 4 heteroatoms. The predicted molar refractivity (Wildman–Crippen MR) is 47.3 cm³/mol. The fourth-order valence-corrected chi connectivity index (χ4v) is 0.905. The van der Waals surface area contributed by atoms with E-state index < -0.39 is 0 Å². The molecule has 0 spiro atoms. The van der Waals surface area contributed by atoms with E-state index in [4.69, 9.17) is 4.74 Å². The Morgan fingerprint density at radius 3 is 2.85 bits per heavy atom. The van der Waals surface area contributed by atoms with Gasteiger partial charge in [0.25, 0.3) is 0 Å². The molecule has 0 aromatic carbocycles. The molecule has 0 aliphatic carbocycles. The van der Waals surface area contributed by atoms with E-state index in [0.717, 1.165) is 5.69 Å². The van der Waals surface area contributed by atoms with Crippen molar-refractivity contribution in [1.29, 1.82) is 0 Å². The summed E-state index contributed by atoms with van der Waals surface area (Å²) < 4.78 is 4.94. The van der Waals surface area contributed by atoms with Gasteiger partial charge in [0.1, 0.15) is 11.8 Å². The number of aromatic nitrogens is 1. The quantitative estimate of drug-likeness (QED) is 0.520. The predicted octanol–water partition coefficient (Wildman–Crippen LogP) is 1.49. The summed E-state index contributed by atoms with van der Waals surface area (Å²) >= 11 is 0. The first-order chi connectivity index (χ1) is 6.27. The summed E-state index contributed by atoms with van der Waals surface area (Å²) in [4.78, 5) is 17.6. The van der Waals surface area contributed by atoms with E-state index in [2.05, 4.69) is 9.98 Å². The summed E-state index contributed by atoms with van der Waals surface area (Å²) in [6, 6.07) is 3.30. The molecule has 1 unspecified atom stereocenters. The second kappa shape index (κ2) is 4.38. The number of carbonyl (C=O) groups excluding carboxylic acids is 1. The second-order valence-electron chi connectivity index (χ2n) is 2.52. The van der Waals surface area contributed by atoms with Crippen molar-refractivity contribution in [2.24, 2.45) is 4.99 Å². The van der Waals surface area contributed by atoms with Crippen LogP contribution in [0, 0.1) is 0 Å². The molecule has 0 aliphatic rings. The van der Waals surface area contributed by atoms with Crippen molar-refractivity contribution in [2.75, 3.05) is 7.11 Å². The molecule has 0 radical (unpaired) electrons. The summed E-state index contributed by atoms with van der Waals surface area (Å²) in [5.74, 6) is 0.686. The normalized spacial score (nSPS) is 11.5. The zero-order chi connectivity index (χ0) is 9.68. The lowest BCUT2D eigenvalue weighted by Gasteiger charge is -2.03. The van der Waals surface area contributed by atoms with Crippen LogP contribution in [0.2, 0.25) is 0 Å². The van der Waals surface area contributed by atoms with E-state index in [0.29, 0.717) is 5.75 Å². The smallest absolute Gasteiger partial charge is 0.235 e. The maximum Gasteiger partial charge on any atom is 0.235 e. The van der Waals surface area contributed by atoms with Crippen LogP contribution in [0.5, 0.6) is 5.75 Å². The summed E-state index contributed by atoms with van der Waals surface area (Å²) in [5.41, 5.74) is 0.726. The molecule has 0 saturated heterocycles. The highest BCUT2D eigenvalue weighted by Crippen LogP contribution is 2.15. The summed E-state index contributed by atoms with van der Waals surface area (Å²) in [5, 5.41) is 0. The number of rotatable bonds is 3. The maximum absolute atomic E-state index is 9.97. The highest BCUT2D eigenvalue weighted by atomic mass is 16.5. The van der Waals surface area contributed by atoms with Gasteiger partial charge in [-0.05, 0) is 19.1 Å². The topological polar surface area (TPSA) is 51.5 Å². The Kier molecular flexibility index (Phi) is 3.17. The molecule has 1 rings (SSSR count). The number of aliphatic imine (C=N–C) groups is 1. The van der Waals surface area contributed by atoms with Crippen molar-refractivity contribution in [3.8, 4) is 5.75 Å². The van der Waals surface area contributed by atoms with Crippen molar-refractivity contribution >= 4 is 6.08 Å². The molecule has 0 fully saturated rings. The first kappa shape index (κ1) is 9.42. The van der Waals surface area contributed by atoms with Crippen LogP contribution in [0.25, 0.3) is 0 Å². The SMILES string of the molecule is COc1ccc(C(C)N=C=O)nc1. The lowest BCUT2D eigenvalue weighted by atomic mass is 10.2. The van der Waals surface area contributed by atoms with Crippen molar-refractivity contribution in [3.63, 3.8) is 0 Å². The zero-order valence-corrected chi connectivity index (χ0v) is 7.52. The van der Waals surface area contributed by atoms with Crippen LogP contribution in [0.3, 0.4) is 0 Å². The van der Waals surface area contributed by atoms with Crippen LogP contribution >= 0.6 is 0 Å². The Labute approximate surface area is 76.3 Å². The molecule has 1 heterocycles. The Balaban J connectivity index is 2.85. The van der Waals surface area contributed by atoms with Gasteiger partial charge in [-0.25, -0.2) is 4.79 Å². The van der Waals surface area contributed by atoms with E-state index in [-0.39, 0.29) is 6.04 Å². The number of nitrogens with zero attached hydrogens (tertiary/aromatic N) is 2. The van der Waals surface area contributed by atoms with Crippen LogP contribution in [-0.4, -0.2) is 18.2 Å². The van der Waals surface area contributed by atoms with Gasteiger partial charge in [0.15, 0.2) is 0 Å². The molecule has 68 valence electrons.